The van der Waals surface area contributed by atoms with E-state index >= 15 is 0 Å². The van der Waals surface area contributed by atoms with Gasteiger partial charge in [0, 0.05) is 29.0 Å². The van der Waals surface area contributed by atoms with Crippen molar-refractivity contribution in [3.63, 3.8) is 0 Å². The van der Waals surface area contributed by atoms with E-state index in [1.54, 1.807) is 48.8 Å². The molecule has 1 amide bonds. The molecular formula is C20H18BrN3O4S. The van der Waals surface area contributed by atoms with Crippen molar-refractivity contribution in [3.8, 4) is 11.8 Å². The van der Waals surface area contributed by atoms with Gasteiger partial charge in [-0.25, -0.2) is 18.4 Å². The summed E-state index contributed by atoms with van der Waals surface area (Å²) in [4.78, 5) is 20.4. The van der Waals surface area contributed by atoms with Crippen LogP contribution in [0.25, 0.3) is 0 Å². The molecule has 0 radical (unpaired) electrons. The Morgan fingerprint density at radius 2 is 1.79 bits per heavy atom. The number of carbonyl (C=O) groups excluding carboxylic acids is 1. The fourth-order valence-electron chi connectivity index (χ4n) is 2.48. The summed E-state index contributed by atoms with van der Waals surface area (Å²) in [6, 6.07) is 13.3. The second-order valence-electron chi connectivity index (χ2n) is 6.18. The van der Waals surface area contributed by atoms with Crippen LogP contribution in [0, 0.1) is 6.92 Å². The van der Waals surface area contributed by atoms with Crippen molar-refractivity contribution < 1.29 is 17.9 Å². The molecule has 0 atom stereocenters. The number of aryl methyl sites for hydroxylation is 1. The summed E-state index contributed by atoms with van der Waals surface area (Å²) in [6.45, 7) is 1.81. The van der Waals surface area contributed by atoms with E-state index in [1.807, 2.05) is 6.92 Å². The van der Waals surface area contributed by atoms with Crippen LogP contribution in [0.3, 0.4) is 0 Å². The number of aromatic nitrogens is 2. The van der Waals surface area contributed by atoms with Gasteiger partial charge in [-0.3, -0.25) is 4.79 Å². The number of halogens is 1. The Hall–Kier alpha value is -2.78. The maximum Gasteiger partial charge on any atom is 0.321 e. The molecule has 150 valence electrons. The van der Waals surface area contributed by atoms with Crippen LogP contribution in [0.5, 0.6) is 11.8 Å². The highest BCUT2D eigenvalue weighted by Gasteiger charge is 2.17. The lowest BCUT2D eigenvalue weighted by Gasteiger charge is -2.11. The van der Waals surface area contributed by atoms with Gasteiger partial charge >= 0.3 is 6.01 Å². The first kappa shape index (κ1) is 20.9. The van der Waals surface area contributed by atoms with Gasteiger partial charge in [-0.15, -0.1) is 0 Å². The van der Waals surface area contributed by atoms with Gasteiger partial charge in [0.2, 0.25) is 5.91 Å². The highest BCUT2D eigenvalue weighted by atomic mass is 79.9. The SMILES string of the molecule is Cc1cc(Oc2ncccn2)ccc1NC(=O)CCS(=O)(=O)c1ccc(Br)cc1. The van der Waals surface area contributed by atoms with Crippen LogP contribution in [0.1, 0.15) is 12.0 Å². The lowest BCUT2D eigenvalue weighted by molar-refractivity contribution is -0.115. The molecule has 0 fully saturated rings. The molecule has 3 rings (SSSR count). The second kappa shape index (κ2) is 9.15. The average molecular weight is 476 g/mol. The maximum atomic E-state index is 12.4. The standard InChI is InChI=1S/C20H18BrN3O4S/c1-14-13-16(28-20-22-10-2-11-23-20)5-8-18(14)24-19(25)9-12-29(26,27)17-6-3-15(21)4-7-17/h2-8,10-11,13H,9,12H2,1H3,(H,24,25). The summed E-state index contributed by atoms with van der Waals surface area (Å²) in [6.07, 6.45) is 3.01. The first-order chi connectivity index (χ1) is 13.8. The molecule has 0 unspecified atom stereocenters. The van der Waals surface area contributed by atoms with E-state index in [0.29, 0.717) is 11.4 Å². The number of anilines is 1. The molecule has 0 aliphatic heterocycles. The Morgan fingerprint density at radius 1 is 1.10 bits per heavy atom. The van der Waals surface area contributed by atoms with Crippen molar-refractivity contribution in [3.05, 3.63) is 71.0 Å². The molecule has 9 heteroatoms. The predicted molar refractivity (Wildman–Crippen MR) is 113 cm³/mol. The van der Waals surface area contributed by atoms with Crippen LogP contribution in [0.15, 0.2) is 70.3 Å². The van der Waals surface area contributed by atoms with E-state index in [0.717, 1.165) is 10.0 Å². The lowest BCUT2D eigenvalue weighted by atomic mass is 10.2. The molecule has 0 saturated heterocycles. The minimum atomic E-state index is -3.53. The highest BCUT2D eigenvalue weighted by molar-refractivity contribution is 9.10. The largest absolute Gasteiger partial charge is 0.424 e. The van der Waals surface area contributed by atoms with Gasteiger partial charge in [-0.1, -0.05) is 15.9 Å². The van der Waals surface area contributed by atoms with Gasteiger partial charge in [0.25, 0.3) is 0 Å². The van der Waals surface area contributed by atoms with Gasteiger partial charge in [0.15, 0.2) is 9.84 Å². The summed E-state index contributed by atoms with van der Waals surface area (Å²) in [5, 5.41) is 2.74. The Bertz CT molecular complexity index is 1100. The minimum absolute atomic E-state index is 0.145. The molecule has 29 heavy (non-hydrogen) atoms. The summed E-state index contributed by atoms with van der Waals surface area (Å²) < 4.78 is 31.1. The summed E-state index contributed by atoms with van der Waals surface area (Å²) in [5.41, 5.74) is 1.35. The first-order valence-corrected chi connectivity index (χ1v) is 11.1. The zero-order valence-corrected chi connectivity index (χ0v) is 17.9. The third-order valence-electron chi connectivity index (χ3n) is 3.99. The Kier molecular flexibility index (Phi) is 6.60. The first-order valence-electron chi connectivity index (χ1n) is 8.67. The van der Waals surface area contributed by atoms with E-state index in [9.17, 15) is 13.2 Å². The van der Waals surface area contributed by atoms with Crippen molar-refractivity contribution in [2.75, 3.05) is 11.1 Å². The number of benzene rings is 2. The van der Waals surface area contributed by atoms with Crippen LogP contribution < -0.4 is 10.1 Å². The third-order valence-corrected chi connectivity index (χ3v) is 6.25. The monoisotopic (exact) mass is 475 g/mol. The number of nitrogens with one attached hydrogen (secondary N) is 1. The molecule has 0 aliphatic carbocycles. The molecule has 0 bridgehead atoms. The molecular weight excluding hydrogens is 458 g/mol. The van der Waals surface area contributed by atoms with E-state index < -0.39 is 9.84 Å². The van der Waals surface area contributed by atoms with Crippen LogP contribution in [-0.4, -0.2) is 30.0 Å². The molecule has 0 aliphatic rings. The van der Waals surface area contributed by atoms with Crippen molar-refractivity contribution in [2.45, 2.75) is 18.2 Å². The van der Waals surface area contributed by atoms with Crippen molar-refractivity contribution in [1.29, 1.82) is 0 Å². The van der Waals surface area contributed by atoms with Crippen molar-refractivity contribution in [1.82, 2.24) is 9.97 Å². The fourth-order valence-corrected chi connectivity index (χ4v) is 3.99. The van der Waals surface area contributed by atoms with Crippen LogP contribution in [-0.2, 0) is 14.6 Å². The summed E-state index contributed by atoms with van der Waals surface area (Å²) >= 11 is 3.27. The number of rotatable bonds is 7. The number of nitrogens with zero attached hydrogens (tertiary/aromatic N) is 2. The van der Waals surface area contributed by atoms with E-state index in [2.05, 4.69) is 31.2 Å². The number of ether oxygens (including phenoxy) is 1. The maximum absolute atomic E-state index is 12.4. The molecule has 2 aromatic carbocycles. The fraction of sp³-hybridized carbons (Fsp3) is 0.150. The third kappa shape index (κ3) is 5.85. The van der Waals surface area contributed by atoms with Crippen molar-refractivity contribution in [2.24, 2.45) is 0 Å². The van der Waals surface area contributed by atoms with Crippen LogP contribution >= 0.6 is 15.9 Å². The Morgan fingerprint density at radius 3 is 2.45 bits per heavy atom. The molecule has 3 aromatic rings. The lowest BCUT2D eigenvalue weighted by Crippen LogP contribution is -2.18. The summed E-state index contributed by atoms with van der Waals surface area (Å²) in [5.74, 6) is -0.121. The number of hydrogen-bond acceptors (Lipinski definition) is 6. The van der Waals surface area contributed by atoms with Gasteiger partial charge in [-0.2, -0.15) is 0 Å². The second-order valence-corrected chi connectivity index (χ2v) is 9.21. The Labute approximate surface area is 177 Å². The molecule has 1 N–H and O–H groups in total. The van der Waals surface area contributed by atoms with E-state index in [4.69, 9.17) is 4.74 Å². The normalized spacial score (nSPS) is 11.1. The average Bonchev–Trinajstić information content (AvgIpc) is 2.70. The molecule has 7 nitrogen and oxygen atoms in total. The number of carbonyl (C=O) groups is 1. The number of sulfone groups is 1. The van der Waals surface area contributed by atoms with Crippen LogP contribution in [0.2, 0.25) is 0 Å². The molecule has 0 saturated carbocycles. The molecule has 1 aromatic heterocycles. The van der Waals surface area contributed by atoms with Gasteiger partial charge in [0.05, 0.1) is 10.6 Å². The zero-order valence-electron chi connectivity index (χ0n) is 15.5. The minimum Gasteiger partial charge on any atom is -0.424 e. The van der Waals surface area contributed by atoms with Crippen LogP contribution in [0.4, 0.5) is 5.69 Å². The number of hydrogen-bond donors (Lipinski definition) is 1. The van der Waals surface area contributed by atoms with Crippen molar-refractivity contribution >= 4 is 37.4 Å². The van der Waals surface area contributed by atoms with E-state index in [1.165, 1.54) is 12.1 Å². The Balaban J connectivity index is 1.59. The highest BCUT2D eigenvalue weighted by Crippen LogP contribution is 2.24. The quantitative estimate of drug-likeness (QED) is 0.551. The van der Waals surface area contributed by atoms with Gasteiger partial charge in [0.1, 0.15) is 5.75 Å². The van der Waals surface area contributed by atoms with Gasteiger partial charge < -0.3 is 10.1 Å². The number of amides is 1. The molecule has 1 heterocycles. The smallest absolute Gasteiger partial charge is 0.321 e. The predicted octanol–water partition coefficient (Wildman–Crippen LogP) is 4.14. The zero-order chi connectivity index (χ0) is 20.9. The summed E-state index contributed by atoms with van der Waals surface area (Å²) in [7, 11) is -3.53. The topological polar surface area (TPSA) is 98.2 Å². The van der Waals surface area contributed by atoms with Gasteiger partial charge in [-0.05, 0) is 61.0 Å². The molecule has 0 spiro atoms. The van der Waals surface area contributed by atoms with E-state index in [-0.39, 0.29) is 29.0 Å².